The van der Waals surface area contributed by atoms with E-state index in [-0.39, 0.29) is 24.3 Å². The Hall–Kier alpha value is -2.93. The Labute approximate surface area is 103 Å². The minimum absolute atomic E-state index is 0.126. The molecular formula is C11H8N4O3. The predicted molar refractivity (Wildman–Crippen MR) is 60.2 cm³/mol. The van der Waals surface area contributed by atoms with Crippen molar-refractivity contribution in [1.82, 2.24) is 4.90 Å². The van der Waals surface area contributed by atoms with Crippen molar-refractivity contribution in [1.29, 1.82) is 10.5 Å². The molecule has 0 aromatic heterocycles. The number of nitro groups is 1. The van der Waals surface area contributed by atoms with Crippen LogP contribution < -0.4 is 0 Å². The van der Waals surface area contributed by atoms with E-state index in [2.05, 4.69) is 0 Å². The fourth-order valence-corrected chi connectivity index (χ4v) is 1.28. The minimum Gasteiger partial charge on any atom is -0.312 e. The molecule has 1 amide bonds. The Morgan fingerprint density at radius 3 is 2.11 bits per heavy atom. The highest BCUT2D eigenvalue weighted by molar-refractivity contribution is 5.94. The molecular weight excluding hydrogens is 236 g/mol. The second-order valence-corrected chi connectivity index (χ2v) is 3.28. The van der Waals surface area contributed by atoms with Crippen molar-refractivity contribution < 1.29 is 9.72 Å². The lowest BCUT2D eigenvalue weighted by Gasteiger charge is -2.15. The fourth-order valence-electron chi connectivity index (χ4n) is 1.28. The van der Waals surface area contributed by atoms with Crippen molar-refractivity contribution in [3.05, 3.63) is 39.9 Å². The Balaban J connectivity index is 2.92. The number of amides is 1. The van der Waals surface area contributed by atoms with Crippen LogP contribution in [0.15, 0.2) is 24.3 Å². The van der Waals surface area contributed by atoms with Gasteiger partial charge >= 0.3 is 0 Å². The highest BCUT2D eigenvalue weighted by atomic mass is 16.6. The van der Waals surface area contributed by atoms with E-state index in [1.165, 1.54) is 24.3 Å². The number of non-ortho nitro benzene ring substituents is 1. The summed E-state index contributed by atoms with van der Waals surface area (Å²) in [6.45, 7) is -0.410. The maximum absolute atomic E-state index is 11.9. The van der Waals surface area contributed by atoms with Gasteiger partial charge in [0.1, 0.15) is 13.1 Å². The van der Waals surface area contributed by atoms with Gasteiger partial charge in [-0.05, 0) is 12.1 Å². The normalized spacial score (nSPS) is 9.00. The summed E-state index contributed by atoms with van der Waals surface area (Å²) in [7, 11) is 0. The number of benzene rings is 1. The molecule has 0 fully saturated rings. The first-order chi connectivity index (χ1) is 8.60. The molecule has 0 unspecified atom stereocenters. The molecule has 0 saturated heterocycles. The first-order valence-corrected chi connectivity index (χ1v) is 4.87. The summed E-state index contributed by atoms with van der Waals surface area (Å²) >= 11 is 0. The molecule has 0 N–H and O–H groups in total. The SMILES string of the molecule is N#CCN(CC#N)C(=O)c1ccc([N+](=O)[O-])cc1. The number of nitriles is 2. The molecule has 0 aliphatic rings. The molecule has 1 rings (SSSR count). The summed E-state index contributed by atoms with van der Waals surface area (Å²) < 4.78 is 0. The third kappa shape index (κ3) is 3.03. The molecule has 0 aliphatic carbocycles. The number of rotatable bonds is 4. The molecule has 0 atom stereocenters. The number of hydrogen-bond donors (Lipinski definition) is 0. The van der Waals surface area contributed by atoms with Crippen LogP contribution in [0.3, 0.4) is 0 Å². The number of nitrogens with zero attached hydrogens (tertiary/aromatic N) is 4. The van der Waals surface area contributed by atoms with Gasteiger partial charge in [0.15, 0.2) is 0 Å². The van der Waals surface area contributed by atoms with Crippen molar-refractivity contribution >= 4 is 11.6 Å². The van der Waals surface area contributed by atoms with Crippen LogP contribution in [0.25, 0.3) is 0 Å². The lowest BCUT2D eigenvalue weighted by Crippen LogP contribution is -2.31. The number of carbonyl (C=O) groups excluding carboxylic acids is 1. The van der Waals surface area contributed by atoms with Crippen LogP contribution in [-0.4, -0.2) is 28.8 Å². The van der Waals surface area contributed by atoms with Gasteiger partial charge in [-0.15, -0.1) is 0 Å². The van der Waals surface area contributed by atoms with E-state index in [1.54, 1.807) is 12.1 Å². The highest BCUT2D eigenvalue weighted by Crippen LogP contribution is 2.13. The standard InChI is InChI=1S/C11H8N4O3/c12-5-7-14(8-6-13)11(16)9-1-3-10(4-2-9)15(17)18/h1-4H,7-8H2. The molecule has 0 radical (unpaired) electrons. The Bertz CT molecular complexity index is 523. The fraction of sp³-hybridized carbons (Fsp3) is 0.182. The first-order valence-electron chi connectivity index (χ1n) is 4.87. The molecule has 90 valence electrons. The quantitative estimate of drug-likeness (QED) is 0.447. The predicted octanol–water partition coefficient (Wildman–Crippen LogP) is 1.08. The molecule has 0 spiro atoms. The third-order valence-corrected chi connectivity index (χ3v) is 2.14. The highest BCUT2D eigenvalue weighted by Gasteiger charge is 2.16. The van der Waals surface area contributed by atoms with Crippen LogP contribution in [0, 0.1) is 32.8 Å². The van der Waals surface area contributed by atoms with Gasteiger partial charge in [0.25, 0.3) is 11.6 Å². The van der Waals surface area contributed by atoms with E-state index >= 15 is 0 Å². The zero-order chi connectivity index (χ0) is 13.5. The lowest BCUT2D eigenvalue weighted by atomic mass is 10.2. The van der Waals surface area contributed by atoms with Crippen LogP contribution in [-0.2, 0) is 0 Å². The number of carbonyl (C=O) groups is 1. The molecule has 0 saturated carbocycles. The van der Waals surface area contributed by atoms with E-state index in [9.17, 15) is 14.9 Å². The maximum Gasteiger partial charge on any atom is 0.269 e. The summed E-state index contributed by atoms with van der Waals surface area (Å²) in [6, 6.07) is 8.54. The minimum atomic E-state index is -0.573. The molecule has 7 heteroatoms. The van der Waals surface area contributed by atoms with Crippen LogP contribution >= 0.6 is 0 Å². The monoisotopic (exact) mass is 244 g/mol. The summed E-state index contributed by atoms with van der Waals surface area (Å²) in [5, 5.41) is 27.5. The molecule has 1 aromatic carbocycles. The van der Waals surface area contributed by atoms with Gasteiger partial charge in [-0.25, -0.2) is 0 Å². The van der Waals surface area contributed by atoms with Gasteiger partial charge in [0, 0.05) is 17.7 Å². The molecule has 18 heavy (non-hydrogen) atoms. The molecule has 1 aromatic rings. The average molecular weight is 244 g/mol. The Morgan fingerprint density at radius 2 is 1.72 bits per heavy atom. The summed E-state index contributed by atoms with van der Waals surface area (Å²) in [5.74, 6) is -0.506. The van der Waals surface area contributed by atoms with Gasteiger partial charge < -0.3 is 4.90 Å². The summed E-state index contributed by atoms with van der Waals surface area (Å²) in [5.41, 5.74) is 0.0739. The zero-order valence-electron chi connectivity index (χ0n) is 9.24. The van der Waals surface area contributed by atoms with Gasteiger partial charge in [0.05, 0.1) is 17.1 Å². The molecule has 7 nitrogen and oxygen atoms in total. The molecule has 0 aliphatic heterocycles. The summed E-state index contributed by atoms with van der Waals surface area (Å²) in [6.07, 6.45) is 0. The molecule has 0 bridgehead atoms. The van der Waals surface area contributed by atoms with E-state index in [4.69, 9.17) is 10.5 Å². The maximum atomic E-state index is 11.9. The van der Waals surface area contributed by atoms with Crippen LogP contribution in [0.5, 0.6) is 0 Å². The van der Waals surface area contributed by atoms with E-state index < -0.39 is 10.8 Å². The largest absolute Gasteiger partial charge is 0.312 e. The van der Waals surface area contributed by atoms with Gasteiger partial charge in [-0.1, -0.05) is 0 Å². The Morgan fingerprint density at radius 1 is 1.22 bits per heavy atom. The average Bonchev–Trinajstić information content (AvgIpc) is 2.38. The van der Waals surface area contributed by atoms with Crippen molar-refractivity contribution in [2.24, 2.45) is 0 Å². The summed E-state index contributed by atoms with van der Waals surface area (Å²) in [4.78, 5) is 22.8. The lowest BCUT2D eigenvalue weighted by molar-refractivity contribution is -0.384. The van der Waals surface area contributed by atoms with Crippen molar-refractivity contribution in [2.75, 3.05) is 13.1 Å². The van der Waals surface area contributed by atoms with Crippen LogP contribution in [0.4, 0.5) is 5.69 Å². The topological polar surface area (TPSA) is 111 Å². The van der Waals surface area contributed by atoms with Crippen LogP contribution in [0.2, 0.25) is 0 Å². The third-order valence-electron chi connectivity index (χ3n) is 2.14. The second-order valence-electron chi connectivity index (χ2n) is 3.28. The smallest absolute Gasteiger partial charge is 0.269 e. The van der Waals surface area contributed by atoms with Crippen LogP contribution in [0.1, 0.15) is 10.4 Å². The van der Waals surface area contributed by atoms with Gasteiger partial charge in [-0.2, -0.15) is 10.5 Å². The van der Waals surface area contributed by atoms with E-state index in [0.29, 0.717) is 0 Å². The van der Waals surface area contributed by atoms with Gasteiger partial charge in [-0.3, -0.25) is 14.9 Å². The van der Waals surface area contributed by atoms with Crippen molar-refractivity contribution in [2.45, 2.75) is 0 Å². The first kappa shape index (κ1) is 13.1. The van der Waals surface area contributed by atoms with E-state index in [0.717, 1.165) is 4.90 Å². The number of nitro benzene ring substituents is 1. The Kier molecular flexibility index (Phi) is 4.35. The second kappa shape index (κ2) is 5.97. The molecule has 0 heterocycles. The van der Waals surface area contributed by atoms with Gasteiger partial charge in [0.2, 0.25) is 0 Å². The van der Waals surface area contributed by atoms with Crippen molar-refractivity contribution in [3.8, 4) is 12.1 Å². The zero-order valence-corrected chi connectivity index (χ0v) is 9.24. The number of hydrogen-bond acceptors (Lipinski definition) is 5. The van der Waals surface area contributed by atoms with E-state index in [1.807, 2.05) is 0 Å². The van der Waals surface area contributed by atoms with Crippen molar-refractivity contribution in [3.63, 3.8) is 0 Å².